The summed E-state index contributed by atoms with van der Waals surface area (Å²) >= 11 is 1.70. The standard InChI is InChI=1S/C16H29N5OS/c1-12(2)10-21-5-6-22-14(11-21)7-19-16(17-4)20-9-15-8-18-13(3)23-15/h8,12,14H,5-7,9-11H2,1-4H3,(H2,17,19,20). The van der Waals surface area contributed by atoms with E-state index in [9.17, 15) is 0 Å². The van der Waals surface area contributed by atoms with Crippen LogP contribution in [0.1, 0.15) is 23.7 Å². The molecule has 6 nitrogen and oxygen atoms in total. The smallest absolute Gasteiger partial charge is 0.191 e. The van der Waals surface area contributed by atoms with Gasteiger partial charge in [0.2, 0.25) is 0 Å². The summed E-state index contributed by atoms with van der Waals surface area (Å²) in [7, 11) is 1.79. The van der Waals surface area contributed by atoms with Gasteiger partial charge in [0, 0.05) is 44.3 Å². The summed E-state index contributed by atoms with van der Waals surface area (Å²) in [6, 6.07) is 0. The van der Waals surface area contributed by atoms with Gasteiger partial charge in [-0.15, -0.1) is 11.3 Å². The maximum Gasteiger partial charge on any atom is 0.191 e. The molecule has 2 rings (SSSR count). The van der Waals surface area contributed by atoms with Crippen molar-refractivity contribution in [2.45, 2.75) is 33.4 Å². The number of hydrogen-bond acceptors (Lipinski definition) is 5. The van der Waals surface area contributed by atoms with Crippen LogP contribution in [0.3, 0.4) is 0 Å². The second-order valence-corrected chi connectivity index (χ2v) is 7.62. The first-order valence-corrected chi connectivity index (χ1v) is 9.08. The number of rotatable bonds is 6. The lowest BCUT2D eigenvalue weighted by atomic mass is 10.2. The molecule has 1 unspecified atom stereocenters. The maximum absolute atomic E-state index is 5.86. The van der Waals surface area contributed by atoms with Crippen molar-refractivity contribution in [3.63, 3.8) is 0 Å². The van der Waals surface area contributed by atoms with Gasteiger partial charge in [-0.3, -0.25) is 9.89 Å². The molecule has 0 aromatic carbocycles. The fourth-order valence-electron chi connectivity index (χ4n) is 2.68. The molecule has 0 aliphatic carbocycles. The molecule has 1 aliphatic heterocycles. The molecule has 0 amide bonds. The van der Waals surface area contributed by atoms with Crippen molar-refractivity contribution in [3.8, 4) is 0 Å². The topological polar surface area (TPSA) is 61.8 Å². The van der Waals surface area contributed by atoms with Gasteiger partial charge in [-0.05, 0) is 12.8 Å². The second-order valence-electron chi connectivity index (χ2n) is 6.30. The Morgan fingerprint density at radius 1 is 1.52 bits per heavy atom. The Hall–Kier alpha value is -1.18. The van der Waals surface area contributed by atoms with Crippen molar-refractivity contribution in [1.29, 1.82) is 0 Å². The van der Waals surface area contributed by atoms with Crippen molar-refractivity contribution in [3.05, 3.63) is 16.1 Å². The van der Waals surface area contributed by atoms with Crippen molar-refractivity contribution in [2.24, 2.45) is 10.9 Å². The van der Waals surface area contributed by atoms with Crippen molar-refractivity contribution in [2.75, 3.05) is 39.8 Å². The van der Waals surface area contributed by atoms with E-state index >= 15 is 0 Å². The number of guanidine groups is 1. The van der Waals surface area contributed by atoms with Crippen LogP contribution < -0.4 is 10.6 Å². The Morgan fingerprint density at radius 2 is 2.35 bits per heavy atom. The first-order chi connectivity index (χ1) is 11.1. The molecule has 1 fully saturated rings. The van der Waals surface area contributed by atoms with Crippen molar-refractivity contribution < 1.29 is 4.74 Å². The Bertz CT molecular complexity index is 502. The van der Waals surface area contributed by atoms with Gasteiger partial charge >= 0.3 is 0 Å². The third-order valence-corrected chi connectivity index (χ3v) is 4.58. The first-order valence-electron chi connectivity index (χ1n) is 8.26. The highest BCUT2D eigenvalue weighted by Gasteiger charge is 2.21. The number of nitrogens with one attached hydrogen (secondary N) is 2. The highest BCUT2D eigenvalue weighted by atomic mass is 32.1. The normalized spacial score (nSPS) is 20.0. The highest BCUT2D eigenvalue weighted by Crippen LogP contribution is 2.10. The fraction of sp³-hybridized carbons (Fsp3) is 0.750. The summed E-state index contributed by atoms with van der Waals surface area (Å²) in [4.78, 5) is 12.2. The maximum atomic E-state index is 5.86. The van der Waals surface area contributed by atoms with Gasteiger partial charge in [-0.2, -0.15) is 0 Å². The molecule has 2 N–H and O–H groups in total. The van der Waals surface area contributed by atoms with E-state index in [1.807, 2.05) is 13.1 Å². The number of thiazole rings is 1. The minimum atomic E-state index is 0.215. The lowest BCUT2D eigenvalue weighted by Crippen LogP contribution is -2.50. The number of nitrogens with zero attached hydrogens (tertiary/aromatic N) is 3. The van der Waals surface area contributed by atoms with Gasteiger partial charge in [0.1, 0.15) is 0 Å². The SMILES string of the molecule is CN=C(NCc1cnc(C)s1)NCC1CN(CC(C)C)CCO1. The predicted octanol–water partition coefficient (Wildman–Crippen LogP) is 1.47. The molecule has 130 valence electrons. The van der Waals surface area contributed by atoms with Crippen LogP contribution in [0.15, 0.2) is 11.2 Å². The summed E-state index contributed by atoms with van der Waals surface area (Å²) in [6.45, 7) is 12.0. The van der Waals surface area contributed by atoms with Crippen LogP contribution in [-0.4, -0.2) is 61.8 Å². The summed E-state index contributed by atoms with van der Waals surface area (Å²) in [5.41, 5.74) is 0. The summed E-state index contributed by atoms with van der Waals surface area (Å²) in [5, 5.41) is 7.77. The Labute approximate surface area is 143 Å². The quantitative estimate of drug-likeness (QED) is 0.607. The van der Waals surface area contributed by atoms with Crippen LogP contribution in [-0.2, 0) is 11.3 Å². The van der Waals surface area contributed by atoms with Crippen LogP contribution in [0, 0.1) is 12.8 Å². The van der Waals surface area contributed by atoms with Crippen LogP contribution in [0.4, 0.5) is 0 Å². The average Bonchev–Trinajstić information content (AvgIpc) is 2.93. The van der Waals surface area contributed by atoms with Gasteiger partial charge in [0.05, 0.1) is 24.3 Å². The fourth-order valence-corrected chi connectivity index (χ4v) is 3.41. The van der Waals surface area contributed by atoms with Crippen LogP contribution in [0.5, 0.6) is 0 Å². The molecular weight excluding hydrogens is 310 g/mol. The van der Waals surface area contributed by atoms with E-state index in [2.05, 4.69) is 39.4 Å². The molecule has 1 atom stereocenters. The van der Waals surface area contributed by atoms with Gasteiger partial charge in [-0.1, -0.05) is 13.8 Å². The molecule has 23 heavy (non-hydrogen) atoms. The largest absolute Gasteiger partial charge is 0.374 e. The summed E-state index contributed by atoms with van der Waals surface area (Å²) < 4.78 is 5.86. The third kappa shape index (κ3) is 6.45. The van der Waals surface area contributed by atoms with E-state index < -0.39 is 0 Å². The van der Waals surface area contributed by atoms with E-state index in [1.54, 1.807) is 18.4 Å². The zero-order valence-corrected chi connectivity index (χ0v) is 15.4. The lowest BCUT2D eigenvalue weighted by molar-refractivity contribution is -0.0284. The number of morpholine rings is 1. The van der Waals surface area contributed by atoms with Gasteiger partial charge in [0.15, 0.2) is 5.96 Å². The minimum Gasteiger partial charge on any atom is -0.374 e. The molecule has 2 heterocycles. The zero-order valence-electron chi connectivity index (χ0n) is 14.6. The number of aliphatic imine (C=N–C) groups is 1. The molecule has 1 aromatic heterocycles. The summed E-state index contributed by atoms with van der Waals surface area (Å²) in [5.74, 6) is 1.50. The molecule has 0 radical (unpaired) electrons. The predicted molar refractivity (Wildman–Crippen MR) is 96.1 cm³/mol. The van der Waals surface area contributed by atoms with Gasteiger partial charge < -0.3 is 15.4 Å². The van der Waals surface area contributed by atoms with Crippen LogP contribution in [0.25, 0.3) is 0 Å². The average molecular weight is 340 g/mol. The number of ether oxygens (including phenoxy) is 1. The Morgan fingerprint density at radius 3 is 3.00 bits per heavy atom. The van der Waals surface area contributed by atoms with Gasteiger partial charge in [0.25, 0.3) is 0 Å². The Kier molecular flexibility index (Phi) is 7.26. The number of aromatic nitrogens is 1. The van der Waals surface area contributed by atoms with Crippen molar-refractivity contribution >= 4 is 17.3 Å². The molecule has 7 heteroatoms. The highest BCUT2D eigenvalue weighted by molar-refractivity contribution is 7.11. The summed E-state index contributed by atoms with van der Waals surface area (Å²) in [6.07, 6.45) is 2.13. The molecule has 1 saturated heterocycles. The van der Waals surface area contributed by atoms with Crippen LogP contribution in [0.2, 0.25) is 0 Å². The van der Waals surface area contributed by atoms with E-state index in [-0.39, 0.29) is 6.10 Å². The van der Waals surface area contributed by atoms with Crippen molar-refractivity contribution in [1.82, 2.24) is 20.5 Å². The van der Waals surface area contributed by atoms with Crippen LogP contribution >= 0.6 is 11.3 Å². The molecule has 0 bridgehead atoms. The molecule has 0 saturated carbocycles. The first kappa shape index (κ1) is 18.2. The minimum absolute atomic E-state index is 0.215. The van der Waals surface area contributed by atoms with E-state index in [1.165, 1.54) is 4.88 Å². The monoisotopic (exact) mass is 339 g/mol. The van der Waals surface area contributed by atoms with E-state index in [4.69, 9.17) is 4.74 Å². The third-order valence-electron chi connectivity index (χ3n) is 3.67. The van der Waals surface area contributed by atoms with Gasteiger partial charge in [-0.25, -0.2) is 4.98 Å². The molecular formula is C16H29N5OS. The lowest BCUT2D eigenvalue weighted by Gasteiger charge is -2.34. The van der Waals surface area contributed by atoms with E-state index in [0.29, 0.717) is 5.92 Å². The zero-order chi connectivity index (χ0) is 16.7. The molecule has 1 aliphatic rings. The number of hydrogen-bond donors (Lipinski definition) is 2. The second kappa shape index (κ2) is 9.20. The number of aryl methyl sites for hydroxylation is 1. The Balaban J connectivity index is 1.72. The molecule has 0 spiro atoms. The molecule has 1 aromatic rings. The van der Waals surface area contributed by atoms with E-state index in [0.717, 1.165) is 50.3 Å².